The minimum Gasteiger partial charge on any atom is -1.00 e. The van der Waals surface area contributed by atoms with Gasteiger partial charge in [0.05, 0.1) is 0 Å². The van der Waals surface area contributed by atoms with E-state index in [0.29, 0.717) is 0 Å². The normalized spacial score (nSPS) is 10.4. The van der Waals surface area contributed by atoms with Gasteiger partial charge in [0.15, 0.2) is 0 Å². The first-order chi connectivity index (χ1) is 16.8. The number of hydrogen-bond acceptors (Lipinski definition) is 0. The summed E-state index contributed by atoms with van der Waals surface area (Å²) in [6.45, 7) is 4.51. The molecule has 0 aromatic heterocycles. The molecule has 0 saturated heterocycles. The van der Waals surface area contributed by atoms with Crippen LogP contribution in [0, 0.1) is 0 Å². The van der Waals surface area contributed by atoms with Crippen molar-refractivity contribution >= 4 is 43.1 Å². The minimum atomic E-state index is 0. The smallest absolute Gasteiger partial charge is 1.00 e. The molecule has 6 rings (SSSR count). The number of fused-ring (bicyclic) bond motifs is 6. The Morgan fingerprint density at radius 1 is 0.432 bits per heavy atom. The Kier molecular flexibility index (Phi) is 12.6. The van der Waals surface area contributed by atoms with Gasteiger partial charge in [-0.25, -0.2) is 0 Å². The summed E-state index contributed by atoms with van der Waals surface area (Å²) in [5, 5.41) is 11.4. The summed E-state index contributed by atoms with van der Waals surface area (Å²) in [5.41, 5.74) is 3.08. The summed E-state index contributed by atoms with van der Waals surface area (Å²) in [6, 6.07) is 35.2. The van der Waals surface area contributed by atoms with Gasteiger partial charge in [0, 0.05) is 0 Å². The van der Waals surface area contributed by atoms with E-state index in [1.165, 1.54) is 92.7 Å². The average molecular weight is 692 g/mol. The summed E-state index contributed by atoms with van der Waals surface area (Å²) >= 11 is 0. The van der Waals surface area contributed by atoms with Gasteiger partial charge in [0.1, 0.15) is 0 Å². The number of hydrogen-bond donors (Lipinski definition) is 0. The molecule has 6 aromatic rings. The summed E-state index contributed by atoms with van der Waals surface area (Å²) in [7, 11) is 0. The molecule has 0 bridgehead atoms. The molecule has 0 fully saturated rings. The molecular weight excluding hydrogens is 658 g/mol. The van der Waals surface area contributed by atoms with E-state index in [4.69, 9.17) is 0 Å². The summed E-state index contributed by atoms with van der Waals surface area (Å²) < 4.78 is 0. The van der Waals surface area contributed by atoms with Crippen LogP contribution in [0.3, 0.4) is 0 Å². The van der Waals surface area contributed by atoms with Gasteiger partial charge in [-0.1, -0.05) is 125 Å². The largest absolute Gasteiger partial charge is 4.00 e. The van der Waals surface area contributed by atoms with Crippen LogP contribution in [-0.2, 0) is 38.7 Å². The maximum Gasteiger partial charge on any atom is 4.00 e. The Labute approximate surface area is 252 Å². The molecule has 0 atom stereocenters. The molecular formula is C34H34Cl2Hf. The van der Waals surface area contributed by atoms with Crippen LogP contribution in [0.1, 0.15) is 50.7 Å². The van der Waals surface area contributed by atoms with Crippen LogP contribution in [0.5, 0.6) is 0 Å². The molecule has 37 heavy (non-hydrogen) atoms. The summed E-state index contributed by atoms with van der Waals surface area (Å²) in [5.74, 6) is 0. The Morgan fingerprint density at radius 2 is 0.676 bits per heavy atom. The van der Waals surface area contributed by atoms with E-state index < -0.39 is 0 Å². The third-order valence-electron chi connectivity index (χ3n) is 7.15. The molecule has 0 heterocycles. The van der Waals surface area contributed by atoms with E-state index in [-0.39, 0.29) is 50.7 Å². The second-order valence-electron chi connectivity index (χ2n) is 9.35. The van der Waals surface area contributed by atoms with E-state index in [2.05, 4.69) is 111 Å². The van der Waals surface area contributed by atoms with Crippen LogP contribution in [0.2, 0.25) is 0 Å². The first-order valence-electron chi connectivity index (χ1n) is 12.9. The van der Waals surface area contributed by atoms with Gasteiger partial charge in [-0.15, -0.1) is 78.5 Å². The van der Waals surface area contributed by atoms with Crippen molar-refractivity contribution in [2.24, 2.45) is 0 Å². The predicted octanol–water partition coefficient (Wildman–Crippen LogP) is 4.11. The van der Waals surface area contributed by atoms with Crippen LogP contribution in [0.25, 0.3) is 43.1 Å². The Balaban J connectivity index is 0.000000241. The quantitative estimate of drug-likeness (QED) is 0.182. The van der Waals surface area contributed by atoms with Crippen LogP contribution >= 0.6 is 0 Å². The number of unbranched alkanes of at least 4 members (excludes halogenated alkanes) is 2. The molecule has 6 aromatic carbocycles. The van der Waals surface area contributed by atoms with Crippen LogP contribution in [0.15, 0.2) is 97.1 Å². The second-order valence-corrected chi connectivity index (χ2v) is 9.35. The Hall–Kier alpha value is -1.93. The van der Waals surface area contributed by atoms with Crippen LogP contribution in [-0.4, -0.2) is 0 Å². The second kappa shape index (κ2) is 14.9. The van der Waals surface area contributed by atoms with Gasteiger partial charge >= 0.3 is 25.8 Å². The van der Waals surface area contributed by atoms with Crippen LogP contribution < -0.4 is 24.8 Å². The summed E-state index contributed by atoms with van der Waals surface area (Å²) in [6.07, 6.45) is 7.47. The Bertz CT molecular complexity index is 1320. The maximum absolute atomic E-state index is 2.26. The van der Waals surface area contributed by atoms with E-state index in [9.17, 15) is 0 Å². The fraction of sp³-hybridized carbons (Fsp3) is 0.235. The maximum atomic E-state index is 2.26. The minimum absolute atomic E-state index is 0. The molecule has 0 radical (unpaired) electrons. The van der Waals surface area contributed by atoms with E-state index in [1.54, 1.807) is 0 Å². The van der Waals surface area contributed by atoms with E-state index in [0.717, 1.165) is 0 Å². The van der Waals surface area contributed by atoms with Crippen molar-refractivity contribution in [2.45, 2.75) is 52.4 Å². The molecule has 0 nitrogen and oxygen atoms in total. The zero-order valence-corrected chi connectivity index (χ0v) is 26.8. The standard InChI is InChI=1S/2C17H17.2ClH.Hf/c2*1-2-3-8-13-14-9-4-6-11-16(14)17-12-7-5-10-15(13)17;;;/h2*4-7,9-12H,2-3,8H2,1H3;2*1H;/q2*-1;;;+4/p-2. The van der Waals surface area contributed by atoms with Crippen molar-refractivity contribution in [3.8, 4) is 0 Å². The molecule has 0 spiro atoms. The fourth-order valence-electron chi connectivity index (χ4n) is 5.46. The Morgan fingerprint density at radius 3 is 0.919 bits per heavy atom. The van der Waals surface area contributed by atoms with Crippen molar-refractivity contribution in [1.29, 1.82) is 0 Å². The van der Waals surface area contributed by atoms with Crippen molar-refractivity contribution in [2.75, 3.05) is 0 Å². The molecule has 0 aliphatic heterocycles. The fourth-order valence-corrected chi connectivity index (χ4v) is 5.46. The van der Waals surface area contributed by atoms with Gasteiger partial charge < -0.3 is 24.8 Å². The molecule has 188 valence electrons. The van der Waals surface area contributed by atoms with E-state index in [1.807, 2.05) is 0 Å². The van der Waals surface area contributed by atoms with Crippen molar-refractivity contribution < 1.29 is 50.7 Å². The predicted molar refractivity (Wildman–Crippen MR) is 151 cm³/mol. The van der Waals surface area contributed by atoms with Gasteiger partial charge in [0.2, 0.25) is 0 Å². The van der Waals surface area contributed by atoms with Crippen molar-refractivity contribution in [3.05, 3.63) is 108 Å². The first-order valence-corrected chi connectivity index (χ1v) is 12.9. The molecule has 3 heteroatoms. The van der Waals surface area contributed by atoms with Gasteiger partial charge in [-0.3, -0.25) is 0 Å². The molecule has 0 saturated carbocycles. The molecule has 0 unspecified atom stereocenters. The van der Waals surface area contributed by atoms with Gasteiger partial charge in [0.25, 0.3) is 0 Å². The topological polar surface area (TPSA) is 0 Å². The molecule has 0 N–H and O–H groups in total. The third-order valence-corrected chi connectivity index (χ3v) is 7.15. The number of benzene rings is 4. The monoisotopic (exact) mass is 692 g/mol. The third kappa shape index (κ3) is 6.39. The molecule has 0 aliphatic carbocycles. The van der Waals surface area contributed by atoms with Gasteiger partial charge in [-0.2, -0.15) is 0 Å². The molecule has 0 aliphatic rings. The van der Waals surface area contributed by atoms with Crippen molar-refractivity contribution in [3.63, 3.8) is 0 Å². The van der Waals surface area contributed by atoms with Gasteiger partial charge in [-0.05, 0) is 0 Å². The average Bonchev–Trinajstić information content (AvgIpc) is 3.39. The van der Waals surface area contributed by atoms with Crippen LogP contribution in [0.4, 0.5) is 0 Å². The SMILES string of the molecule is CCCC[c-]1c2ccccc2c2ccccc21.CCCC[c-]1c2ccccc2c2ccccc21.[Cl-].[Cl-].[Hf+4]. The number of rotatable bonds is 6. The zero-order chi connectivity index (χ0) is 23.3. The van der Waals surface area contributed by atoms with Crippen molar-refractivity contribution in [1.82, 2.24) is 0 Å². The number of aryl methyl sites for hydroxylation is 2. The molecule has 0 amide bonds. The first kappa shape index (κ1) is 31.3. The zero-order valence-electron chi connectivity index (χ0n) is 21.7. The number of halogens is 2. The van der Waals surface area contributed by atoms with E-state index >= 15 is 0 Å². The summed E-state index contributed by atoms with van der Waals surface area (Å²) in [4.78, 5) is 0.